The lowest BCUT2D eigenvalue weighted by Crippen LogP contribution is -1.96. The second-order valence-electron chi connectivity index (χ2n) is 5.14. The number of Topliss-reactive ketones (excluding diaryl/α,β-unsaturated/α-hetero) is 1. The highest BCUT2D eigenvalue weighted by molar-refractivity contribution is 6.30. The lowest BCUT2D eigenvalue weighted by atomic mass is 10.0. The fourth-order valence-electron chi connectivity index (χ4n) is 2.36. The van der Waals surface area contributed by atoms with E-state index in [0.29, 0.717) is 11.4 Å². The highest BCUT2D eigenvalue weighted by atomic mass is 35.5. The van der Waals surface area contributed by atoms with Gasteiger partial charge in [-0.15, -0.1) is 0 Å². The monoisotopic (exact) mass is 306 g/mol. The Bertz CT molecular complexity index is 832. The van der Waals surface area contributed by atoms with E-state index in [0.717, 1.165) is 21.9 Å². The second kappa shape index (κ2) is 6.59. The van der Waals surface area contributed by atoms with Crippen LogP contribution in [-0.4, -0.2) is 5.78 Å². The number of carbonyl (C=O) groups is 1. The minimum absolute atomic E-state index is 0.121. The zero-order valence-corrected chi connectivity index (χ0v) is 12.8. The molecule has 0 aliphatic heterocycles. The Kier molecular flexibility index (Phi) is 4.36. The summed E-state index contributed by atoms with van der Waals surface area (Å²) in [6.07, 6.45) is 4.22. The van der Waals surface area contributed by atoms with Crippen molar-refractivity contribution >= 4 is 34.2 Å². The third kappa shape index (κ3) is 3.44. The summed E-state index contributed by atoms with van der Waals surface area (Å²) in [6.45, 7) is 0. The molecule has 0 saturated carbocycles. The molecule has 1 nitrogen and oxygen atoms in total. The maximum atomic E-state index is 12.3. The van der Waals surface area contributed by atoms with Crippen molar-refractivity contribution < 1.29 is 4.79 Å². The van der Waals surface area contributed by atoms with E-state index >= 15 is 0 Å². The molecule has 108 valence electrons. The summed E-state index contributed by atoms with van der Waals surface area (Å²) in [4.78, 5) is 12.3. The Morgan fingerprint density at radius 2 is 1.64 bits per heavy atom. The summed E-state index contributed by atoms with van der Waals surface area (Å²) in [5, 5.41) is 2.95. The van der Waals surface area contributed by atoms with Gasteiger partial charge < -0.3 is 0 Å². The van der Waals surface area contributed by atoms with Crippen molar-refractivity contribution in [3.8, 4) is 0 Å². The Balaban J connectivity index is 1.71. The van der Waals surface area contributed by atoms with Gasteiger partial charge in [0.05, 0.1) is 0 Å². The zero-order valence-electron chi connectivity index (χ0n) is 12.0. The standard InChI is InChI=1S/C20H15ClO/c21-19-12-8-15(9-13-19)4-3-7-20(22)18-11-10-16-5-1-2-6-17(16)14-18/h1-6,8-14H,7H2/b4-3+. The van der Waals surface area contributed by atoms with Gasteiger partial charge in [0.2, 0.25) is 0 Å². The van der Waals surface area contributed by atoms with Gasteiger partial charge in [0.15, 0.2) is 5.78 Å². The molecule has 0 unspecified atom stereocenters. The van der Waals surface area contributed by atoms with Gasteiger partial charge in [-0.3, -0.25) is 4.79 Å². The van der Waals surface area contributed by atoms with Crippen LogP contribution in [-0.2, 0) is 0 Å². The molecular formula is C20H15ClO. The largest absolute Gasteiger partial charge is 0.294 e. The predicted molar refractivity (Wildman–Crippen MR) is 93.4 cm³/mol. The van der Waals surface area contributed by atoms with Crippen LogP contribution >= 0.6 is 11.6 Å². The molecule has 0 fully saturated rings. The summed E-state index contributed by atoms with van der Waals surface area (Å²) in [6, 6.07) is 21.4. The van der Waals surface area contributed by atoms with Gasteiger partial charge in [-0.1, -0.05) is 72.3 Å². The van der Waals surface area contributed by atoms with Crippen LogP contribution in [0, 0.1) is 0 Å². The Hall–Kier alpha value is -2.38. The van der Waals surface area contributed by atoms with Gasteiger partial charge in [-0.25, -0.2) is 0 Å². The lowest BCUT2D eigenvalue weighted by molar-refractivity contribution is 0.0996. The first-order valence-corrected chi connectivity index (χ1v) is 7.54. The number of carbonyl (C=O) groups excluding carboxylic acids is 1. The molecule has 0 amide bonds. The summed E-state index contributed by atoms with van der Waals surface area (Å²) >= 11 is 5.85. The normalized spacial score (nSPS) is 11.1. The van der Waals surface area contributed by atoms with E-state index in [2.05, 4.69) is 0 Å². The van der Waals surface area contributed by atoms with Crippen LogP contribution in [0.5, 0.6) is 0 Å². The molecule has 22 heavy (non-hydrogen) atoms. The van der Waals surface area contributed by atoms with Crippen molar-refractivity contribution in [3.63, 3.8) is 0 Å². The van der Waals surface area contributed by atoms with Gasteiger partial charge in [-0.2, -0.15) is 0 Å². The van der Waals surface area contributed by atoms with Gasteiger partial charge in [-0.05, 0) is 34.5 Å². The van der Waals surface area contributed by atoms with E-state index in [1.165, 1.54) is 0 Å². The quantitative estimate of drug-likeness (QED) is 0.558. The fourth-order valence-corrected chi connectivity index (χ4v) is 2.48. The number of benzene rings is 3. The molecule has 0 spiro atoms. The van der Waals surface area contributed by atoms with Crippen LogP contribution in [0.25, 0.3) is 16.8 Å². The number of hydrogen-bond donors (Lipinski definition) is 0. The SMILES string of the molecule is O=C(C/C=C/c1ccc(Cl)cc1)c1ccc2ccccc2c1. The van der Waals surface area contributed by atoms with E-state index in [9.17, 15) is 4.79 Å². The Labute approximate surface area is 134 Å². The van der Waals surface area contributed by atoms with Crippen molar-refractivity contribution in [2.45, 2.75) is 6.42 Å². The number of ketones is 1. The second-order valence-corrected chi connectivity index (χ2v) is 5.58. The minimum atomic E-state index is 0.121. The molecule has 0 bridgehead atoms. The van der Waals surface area contributed by atoms with Crippen LogP contribution in [0.15, 0.2) is 72.8 Å². The molecule has 0 heterocycles. The predicted octanol–water partition coefficient (Wildman–Crippen LogP) is 5.78. The third-order valence-electron chi connectivity index (χ3n) is 3.55. The van der Waals surface area contributed by atoms with Gasteiger partial charge in [0.1, 0.15) is 0 Å². The highest BCUT2D eigenvalue weighted by Gasteiger charge is 2.04. The fraction of sp³-hybridized carbons (Fsp3) is 0.0500. The molecule has 0 aromatic heterocycles. The smallest absolute Gasteiger partial charge is 0.166 e. The molecule has 0 saturated heterocycles. The lowest BCUT2D eigenvalue weighted by Gasteiger charge is -2.01. The van der Waals surface area contributed by atoms with E-state index in [-0.39, 0.29) is 5.78 Å². The number of halogens is 1. The number of rotatable bonds is 4. The topological polar surface area (TPSA) is 17.1 Å². The summed E-state index contributed by atoms with van der Waals surface area (Å²) in [5.41, 5.74) is 1.79. The molecule has 0 atom stereocenters. The molecule has 3 aromatic rings. The van der Waals surface area contributed by atoms with Gasteiger partial charge in [0, 0.05) is 17.0 Å². The zero-order chi connectivity index (χ0) is 15.4. The van der Waals surface area contributed by atoms with Crippen molar-refractivity contribution in [2.75, 3.05) is 0 Å². The molecule has 2 heteroatoms. The summed E-state index contributed by atoms with van der Waals surface area (Å²) < 4.78 is 0. The Morgan fingerprint density at radius 3 is 2.41 bits per heavy atom. The molecule has 0 aliphatic carbocycles. The maximum absolute atomic E-state index is 12.3. The van der Waals surface area contributed by atoms with E-state index in [1.54, 1.807) is 0 Å². The van der Waals surface area contributed by atoms with Crippen LogP contribution < -0.4 is 0 Å². The minimum Gasteiger partial charge on any atom is -0.294 e. The summed E-state index contributed by atoms with van der Waals surface area (Å²) in [5.74, 6) is 0.121. The molecule has 0 N–H and O–H groups in total. The van der Waals surface area contributed by atoms with Gasteiger partial charge >= 0.3 is 0 Å². The highest BCUT2D eigenvalue weighted by Crippen LogP contribution is 2.17. The van der Waals surface area contributed by atoms with Crippen LogP contribution in [0.3, 0.4) is 0 Å². The van der Waals surface area contributed by atoms with Crippen LogP contribution in [0.1, 0.15) is 22.3 Å². The molecular weight excluding hydrogens is 292 g/mol. The van der Waals surface area contributed by atoms with E-state index < -0.39 is 0 Å². The van der Waals surface area contributed by atoms with Gasteiger partial charge in [0.25, 0.3) is 0 Å². The number of fused-ring (bicyclic) bond motifs is 1. The average Bonchev–Trinajstić information content (AvgIpc) is 2.56. The first-order chi connectivity index (χ1) is 10.7. The summed E-state index contributed by atoms with van der Waals surface area (Å²) in [7, 11) is 0. The molecule has 0 aliphatic rings. The van der Waals surface area contributed by atoms with Crippen LogP contribution in [0.4, 0.5) is 0 Å². The number of allylic oxidation sites excluding steroid dienone is 1. The Morgan fingerprint density at radius 1 is 0.909 bits per heavy atom. The van der Waals surface area contributed by atoms with Crippen molar-refractivity contribution in [2.24, 2.45) is 0 Å². The maximum Gasteiger partial charge on any atom is 0.166 e. The average molecular weight is 307 g/mol. The molecule has 3 rings (SSSR count). The van der Waals surface area contributed by atoms with Crippen molar-refractivity contribution in [1.29, 1.82) is 0 Å². The van der Waals surface area contributed by atoms with E-state index in [1.807, 2.05) is 78.9 Å². The van der Waals surface area contributed by atoms with Crippen LogP contribution in [0.2, 0.25) is 5.02 Å². The van der Waals surface area contributed by atoms with Crippen molar-refractivity contribution in [1.82, 2.24) is 0 Å². The molecule has 0 radical (unpaired) electrons. The first kappa shape index (κ1) is 14.6. The third-order valence-corrected chi connectivity index (χ3v) is 3.81. The van der Waals surface area contributed by atoms with E-state index in [4.69, 9.17) is 11.6 Å². The van der Waals surface area contributed by atoms with Crippen molar-refractivity contribution in [3.05, 3.63) is 89.0 Å². The number of hydrogen-bond acceptors (Lipinski definition) is 1. The first-order valence-electron chi connectivity index (χ1n) is 7.16. The molecule has 3 aromatic carbocycles.